The first kappa shape index (κ1) is 11.3. The molecule has 0 aromatic heterocycles. The van der Waals surface area contributed by atoms with Crippen molar-refractivity contribution in [2.75, 3.05) is 20.8 Å². The van der Waals surface area contributed by atoms with Crippen LogP contribution in [0.5, 0.6) is 0 Å². The van der Waals surface area contributed by atoms with E-state index in [1.807, 2.05) is 13.8 Å². The Labute approximate surface area is 89.6 Å². The van der Waals surface area contributed by atoms with Crippen LogP contribution in [0.4, 0.5) is 0 Å². The molecule has 0 amide bonds. The second kappa shape index (κ2) is 3.99. The third-order valence-corrected chi connectivity index (χ3v) is 2.78. The fourth-order valence-electron chi connectivity index (χ4n) is 2.09. The fraction of sp³-hybridized carbons (Fsp3) is 1.00. The summed E-state index contributed by atoms with van der Waals surface area (Å²) in [4.78, 5) is 0. The molecule has 0 radical (unpaired) electrons. The maximum atomic E-state index is 5.74. The third-order valence-electron chi connectivity index (χ3n) is 2.78. The molecule has 2 aliphatic rings. The Morgan fingerprint density at radius 3 is 2.47 bits per heavy atom. The summed E-state index contributed by atoms with van der Waals surface area (Å²) in [6.07, 6.45) is -0.815. The van der Waals surface area contributed by atoms with Crippen LogP contribution in [0.1, 0.15) is 13.8 Å². The maximum Gasteiger partial charge on any atom is 0.189 e. The van der Waals surface area contributed by atoms with Crippen molar-refractivity contribution in [1.82, 2.24) is 0 Å². The Morgan fingerprint density at radius 1 is 1.13 bits per heavy atom. The van der Waals surface area contributed by atoms with Crippen LogP contribution in [-0.2, 0) is 23.7 Å². The van der Waals surface area contributed by atoms with Gasteiger partial charge in [0.15, 0.2) is 12.1 Å². The molecule has 5 nitrogen and oxygen atoms in total. The second-order valence-corrected chi connectivity index (χ2v) is 4.28. The zero-order valence-electron chi connectivity index (χ0n) is 9.56. The molecule has 2 aliphatic heterocycles. The largest absolute Gasteiger partial charge is 0.376 e. The molecule has 2 rings (SSSR count). The lowest BCUT2D eigenvalue weighted by Gasteiger charge is -2.35. The van der Waals surface area contributed by atoms with Gasteiger partial charge in [0, 0.05) is 14.2 Å². The number of fused-ring (bicyclic) bond motifs is 1. The first-order chi connectivity index (χ1) is 7.07. The zero-order valence-corrected chi connectivity index (χ0v) is 9.56. The molecule has 2 heterocycles. The highest BCUT2D eigenvalue weighted by molar-refractivity contribution is 4.91. The molecule has 4 atom stereocenters. The first-order valence-electron chi connectivity index (χ1n) is 5.10. The van der Waals surface area contributed by atoms with Gasteiger partial charge in [0.2, 0.25) is 0 Å². The van der Waals surface area contributed by atoms with Crippen molar-refractivity contribution in [1.29, 1.82) is 0 Å². The lowest BCUT2D eigenvalue weighted by molar-refractivity contribution is -0.226. The summed E-state index contributed by atoms with van der Waals surface area (Å²) < 4.78 is 27.5. The topological polar surface area (TPSA) is 46.2 Å². The molecule has 0 bridgehead atoms. The molecule has 2 saturated heterocycles. The van der Waals surface area contributed by atoms with E-state index in [1.165, 1.54) is 0 Å². The van der Waals surface area contributed by atoms with Crippen LogP contribution in [0.25, 0.3) is 0 Å². The fourth-order valence-corrected chi connectivity index (χ4v) is 2.09. The molecule has 0 aromatic carbocycles. The lowest BCUT2D eigenvalue weighted by atomic mass is 10.1. The van der Waals surface area contributed by atoms with Gasteiger partial charge in [-0.05, 0) is 13.8 Å². The van der Waals surface area contributed by atoms with E-state index in [1.54, 1.807) is 14.2 Å². The highest BCUT2D eigenvalue weighted by atomic mass is 16.8. The molecule has 2 fully saturated rings. The van der Waals surface area contributed by atoms with Gasteiger partial charge in [-0.3, -0.25) is 0 Å². The molecular formula is C10H18O5. The predicted molar refractivity (Wildman–Crippen MR) is 51.4 cm³/mol. The summed E-state index contributed by atoms with van der Waals surface area (Å²) in [6, 6.07) is 0. The molecular weight excluding hydrogens is 200 g/mol. The third kappa shape index (κ3) is 2.03. The van der Waals surface area contributed by atoms with Gasteiger partial charge in [-0.2, -0.15) is 0 Å². The highest BCUT2D eigenvalue weighted by Crippen LogP contribution is 2.35. The van der Waals surface area contributed by atoms with Gasteiger partial charge in [0.25, 0.3) is 0 Å². The molecule has 5 heteroatoms. The van der Waals surface area contributed by atoms with Gasteiger partial charge in [-0.25, -0.2) is 0 Å². The van der Waals surface area contributed by atoms with Crippen molar-refractivity contribution < 1.29 is 23.7 Å². The van der Waals surface area contributed by atoms with Crippen molar-refractivity contribution in [3.63, 3.8) is 0 Å². The lowest BCUT2D eigenvalue weighted by Crippen LogP contribution is -2.53. The number of hydrogen-bond donors (Lipinski definition) is 0. The van der Waals surface area contributed by atoms with Gasteiger partial charge in [-0.1, -0.05) is 0 Å². The molecule has 88 valence electrons. The Kier molecular flexibility index (Phi) is 3.00. The van der Waals surface area contributed by atoms with Crippen LogP contribution in [0.2, 0.25) is 0 Å². The minimum absolute atomic E-state index is 0.103. The van der Waals surface area contributed by atoms with Gasteiger partial charge in [0.05, 0.1) is 6.61 Å². The van der Waals surface area contributed by atoms with Crippen LogP contribution >= 0.6 is 0 Å². The summed E-state index contributed by atoms with van der Waals surface area (Å²) in [5.41, 5.74) is 0. The van der Waals surface area contributed by atoms with Crippen LogP contribution in [0.3, 0.4) is 0 Å². The van der Waals surface area contributed by atoms with Crippen LogP contribution in [-0.4, -0.2) is 51.2 Å². The summed E-state index contributed by atoms with van der Waals surface area (Å²) in [6.45, 7) is 4.20. The molecule has 0 aliphatic carbocycles. The van der Waals surface area contributed by atoms with E-state index >= 15 is 0 Å². The quantitative estimate of drug-likeness (QED) is 0.676. The average molecular weight is 218 g/mol. The molecule has 0 spiro atoms. The van der Waals surface area contributed by atoms with E-state index in [0.29, 0.717) is 6.61 Å². The van der Waals surface area contributed by atoms with E-state index in [-0.39, 0.29) is 24.6 Å². The minimum atomic E-state index is -0.616. The highest BCUT2D eigenvalue weighted by Gasteiger charge is 2.51. The van der Waals surface area contributed by atoms with E-state index in [4.69, 9.17) is 23.7 Å². The second-order valence-electron chi connectivity index (χ2n) is 4.28. The molecule has 0 aromatic rings. The van der Waals surface area contributed by atoms with Gasteiger partial charge < -0.3 is 23.7 Å². The van der Waals surface area contributed by atoms with E-state index in [9.17, 15) is 0 Å². The Hall–Kier alpha value is -0.200. The van der Waals surface area contributed by atoms with Gasteiger partial charge in [0.1, 0.15) is 18.3 Å². The minimum Gasteiger partial charge on any atom is -0.376 e. The van der Waals surface area contributed by atoms with E-state index < -0.39 is 5.79 Å². The van der Waals surface area contributed by atoms with Crippen molar-refractivity contribution in [3.05, 3.63) is 0 Å². The number of methoxy groups -OCH3 is 2. The average Bonchev–Trinajstić information content (AvgIpc) is 2.50. The Morgan fingerprint density at radius 2 is 1.87 bits per heavy atom. The van der Waals surface area contributed by atoms with Gasteiger partial charge in [-0.15, -0.1) is 0 Å². The molecule has 0 unspecified atom stereocenters. The van der Waals surface area contributed by atoms with Crippen molar-refractivity contribution in [2.24, 2.45) is 0 Å². The van der Waals surface area contributed by atoms with Crippen LogP contribution in [0.15, 0.2) is 0 Å². The normalized spacial score (nSPS) is 44.0. The van der Waals surface area contributed by atoms with E-state index in [2.05, 4.69) is 0 Å². The van der Waals surface area contributed by atoms with E-state index in [0.717, 1.165) is 0 Å². The zero-order chi connectivity index (χ0) is 11.1. The van der Waals surface area contributed by atoms with Crippen molar-refractivity contribution in [2.45, 2.75) is 44.2 Å². The molecule has 0 saturated carbocycles. The Bertz CT molecular complexity index is 230. The van der Waals surface area contributed by atoms with Crippen LogP contribution in [0, 0.1) is 0 Å². The monoisotopic (exact) mass is 218 g/mol. The SMILES string of the molecule is CO[C@@H]1[C@H]2OC(C)(C)O[C@H]2OC[C@H]1OC. The summed E-state index contributed by atoms with van der Waals surface area (Å²) in [7, 11) is 3.29. The smallest absolute Gasteiger partial charge is 0.189 e. The predicted octanol–water partition coefficient (Wildman–Crippen LogP) is 0.524. The van der Waals surface area contributed by atoms with Crippen molar-refractivity contribution >= 4 is 0 Å². The molecule has 0 N–H and O–H groups in total. The molecule has 15 heavy (non-hydrogen) atoms. The first-order valence-corrected chi connectivity index (χ1v) is 5.10. The summed E-state index contributed by atoms with van der Waals surface area (Å²) in [5, 5.41) is 0. The standard InChI is InChI=1S/C10H18O5/c1-10(2)14-8-7(12-4)6(11-3)5-13-9(8)15-10/h6-9H,5H2,1-4H3/t6-,7+,8-,9-/m1/s1. The number of rotatable bonds is 2. The van der Waals surface area contributed by atoms with Crippen molar-refractivity contribution in [3.8, 4) is 0 Å². The number of hydrogen-bond acceptors (Lipinski definition) is 5. The van der Waals surface area contributed by atoms with Crippen LogP contribution < -0.4 is 0 Å². The van der Waals surface area contributed by atoms with Gasteiger partial charge >= 0.3 is 0 Å². The summed E-state index contributed by atoms with van der Waals surface area (Å²) in [5.74, 6) is -0.616. The summed E-state index contributed by atoms with van der Waals surface area (Å²) >= 11 is 0. The maximum absolute atomic E-state index is 5.74. The Balaban J connectivity index is 2.11. The number of ether oxygens (including phenoxy) is 5.